The van der Waals surface area contributed by atoms with E-state index in [1.54, 1.807) is 16.7 Å². The van der Waals surface area contributed by atoms with Crippen molar-refractivity contribution in [2.75, 3.05) is 6.54 Å². The molecule has 2 heterocycles. The third kappa shape index (κ3) is 2.27. The molecule has 2 aromatic rings. The molecule has 0 bridgehead atoms. The Morgan fingerprint density at radius 1 is 1.24 bits per heavy atom. The van der Waals surface area contributed by atoms with E-state index in [0.29, 0.717) is 28.9 Å². The highest BCUT2D eigenvalue weighted by Crippen LogP contribution is 2.67. The second-order valence-corrected chi connectivity index (χ2v) is 7.14. The number of pyridine rings is 1. The lowest BCUT2D eigenvalue weighted by Crippen LogP contribution is -2.22. The van der Waals surface area contributed by atoms with Crippen molar-refractivity contribution in [2.45, 2.75) is 34.2 Å². The van der Waals surface area contributed by atoms with Gasteiger partial charge in [0.2, 0.25) is 0 Å². The zero-order chi connectivity index (χ0) is 15.3. The Balaban J connectivity index is 1.68. The van der Waals surface area contributed by atoms with Crippen LogP contribution in [-0.4, -0.2) is 15.9 Å². The lowest BCUT2D eigenvalue weighted by Gasteiger charge is -2.07. The Bertz CT molecular complexity index is 716. The molecule has 4 nitrogen and oxygen atoms in total. The fourth-order valence-corrected chi connectivity index (χ4v) is 3.38. The number of fused-ring (bicyclic) bond motifs is 1. The molecule has 2 aromatic heterocycles. The number of nitrogens with zero attached hydrogens (tertiary/aromatic N) is 2. The SMILES string of the molecule is CC1(C)C(CNCc2cc(=O)n3ccccc3n2)C1(C)C. The van der Waals surface area contributed by atoms with E-state index < -0.39 is 0 Å². The predicted octanol–water partition coefficient (Wildman–Crippen LogP) is 2.47. The summed E-state index contributed by atoms with van der Waals surface area (Å²) < 4.78 is 1.57. The summed E-state index contributed by atoms with van der Waals surface area (Å²) in [4.78, 5) is 16.5. The van der Waals surface area contributed by atoms with Gasteiger partial charge in [-0.1, -0.05) is 33.8 Å². The van der Waals surface area contributed by atoms with Gasteiger partial charge in [-0.2, -0.15) is 0 Å². The second-order valence-electron chi connectivity index (χ2n) is 7.14. The van der Waals surface area contributed by atoms with Gasteiger partial charge in [-0.15, -0.1) is 0 Å². The van der Waals surface area contributed by atoms with Crippen LogP contribution < -0.4 is 10.9 Å². The Labute approximate surface area is 125 Å². The molecule has 0 saturated heterocycles. The van der Waals surface area contributed by atoms with Crippen LogP contribution in [0.4, 0.5) is 0 Å². The van der Waals surface area contributed by atoms with Crippen molar-refractivity contribution < 1.29 is 0 Å². The first kappa shape index (κ1) is 14.3. The van der Waals surface area contributed by atoms with Gasteiger partial charge in [-0.25, -0.2) is 4.98 Å². The van der Waals surface area contributed by atoms with E-state index in [9.17, 15) is 4.79 Å². The molecule has 1 aliphatic carbocycles. The normalized spacial score (nSPS) is 19.8. The lowest BCUT2D eigenvalue weighted by atomic mass is 10.0. The molecule has 0 atom stereocenters. The monoisotopic (exact) mass is 285 g/mol. The maximum atomic E-state index is 12.0. The minimum atomic E-state index is -0.0236. The molecule has 4 heteroatoms. The Morgan fingerprint density at radius 2 is 1.95 bits per heavy atom. The van der Waals surface area contributed by atoms with Crippen molar-refractivity contribution in [3.63, 3.8) is 0 Å². The van der Waals surface area contributed by atoms with Crippen LogP contribution in [0.3, 0.4) is 0 Å². The highest BCUT2D eigenvalue weighted by atomic mass is 16.1. The number of rotatable bonds is 4. The van der Waals surface area contributed by atoms with Gasteiger partial charge >= 0.3 is 0 Å². The topological polar surface area (TPSA) is 46.4 Å². The van der Waals surface area contributed by atoms with Crippen LogP contribution in [-0.2, 0) is 6.54 Å². The summed E-state index contributed by atoms with van der Waals surface area (Å²) in [7, 11) is 0. The van der Waals surface area contributed by atoms with Crippen LogP contribution in [0, 0.1) is 16.7 Å². The van der Waals surface area contributed by atoms with Crippen molar-refractivity contribution in [2.24, 2.45) is 16.7 Å². The summed E-state index contributed by atoms with van der Waals surface area (Å²) in [6.45, 7) is 10.9. The number of hydrogen-bond donors (Lipinski definition) is 1. The average molecular weight is 285 g/mol. The third-order valence-corrected chi connectivity index (χ3v) is 5.60. The largest absolute Gasteiger partial charge is 0.311 e. The van der Waals surface area contributed by atoms with Crippen molar-refractivity contribution >= 4 is 5.65 Å². The molecule has 3 rings (SSSR count). The minimum Gasteiger partial charge on any atom is -0.311 e. The van der Waals surface area contributed by atoms with Crippen molar-refractivity contribution in [3.8, 4) is 0 Å². The average Bonchev–Trinajstić information content (AvgIpc) is 2.81. The van der Waals surface area contributed by atoms with E-state index in [1.807, 2.05) is 18.2 Å². The first-order valence-electron chi connectivity index (χ1n) is 7.52. The van der Waals surface area contributed by atoms with E-state index in [0.717, 1.165) is 12.2 Å². The molecule has 0 radical (unpaired) electrons. The van der Waals surface area contributed by atoms with Gasteiger partial charge in [0.05, 0.1) is 5.69 Å². The van der Waals surface area contributed by atoms with E-state index >= 15 is 0 Å². The van der Waals surface area contributed by atoms with Gasteiger partial charge in [0.1, 0.15) is 5.65 Å². The summed E-state index contributed by atoms with van der Waals surface area (Å²) in [6, 6.07) is 7.21. The smallest absolute Gasteiger partial charge is 0.258 e. The van der Waals surface area contributed by atoms with Gasteiger partial charge in [-0.3, -0.25) is 9.20 Å². The summed E-state index contributed by atoms with van der Waals surface area (Å²) in [5.41, 5.74) is 2.26. The van der Waals surface area contributed by atoms with Gasteiger partial charge < -0.3 is 5.32 Å². The number of nitrogens with one attached hydrogen (secondary N) is 1. The Kier molecular flexibility index (Phi) is 3.17. The fraction of sp³-hybridized carbons (Fsp3) is 0.529. The van der Waals surface area contributed by atoms with E-state index in [2.05, 4.69) is 38.0 Å². The molecule has 0 aromatic carbocycles. The molecular weight excluding hydrogens is 262 g/mol. The maximum Gasteiger partial charge on any atom is 0.258 e. The van der Waals surface area contributed by atoms with E-state index in [4.69, 9.17) is 0 Å². The zero-order valence-electron chi connectivity index (χ0n) is 13.2. The zero-order valence-corrected chi connectivity index (χ0v) is 13.2. The van der Waals surface area contributed by atoms with Crippen molar-refractivity contribution in [3.05, 3.63) is 46.5 Å². The summed E-state index contributed by atoms with van der Waals surface area (Å²) in [6.07, 6.45) is 1.75. The maximum absolute atomic E-state index is 12.0. The standard InChI is InChI=1S/C17H23N3O/c1-16(2)13(17(16,3)4)11-18-10-12-9-15(21)20-8-6-5-7-14(20)19-12/h5-9,13,18H,10-11H2,1-4H3. The molecule has 1 saturated carbocycles. The van der Waals surface area contributed by atoms with Crippen molar-refractivity contribution in [1.82, 2.24) is 14.7 Å². The number of aromatic nitrogens is 2. The second kappa shape index (κ2) is 4.67. The molecular formula is C17H23N3O. The molecule has 1 fully saturated rings. The lowest BCUT2D eigenvalue weighted by molar-refractivity contribution is 0.457. The van der Waals surface area contributed by atoms with Crippen LogP contribution >= 0.6 is 0 Å². The minimum absolute atomic E-state index is 0.0236. The highest BCUT2D eigenvalue weighted by molar-refractivity contribution is 5.37. The molecule has 0 amide bonds. The highest BCUT2D eigenvalue weighted by Gasteiger charge is 2.63. The predicted molar refractivity (Wildman–Crippen MR) is 84.2 cm³/mol. The number of hydrogen-bond acceptors (Lipinski definition) is 3. The Morgan fingerprint density at radius 3 is 2.62 bits per heavy atom. The van der Waals surface area contributed by atoms with Crippen LogP contribution in [0.5, 0.6) is 0 Å². The molecule has 0 spiro atoms. The van der Waals surface area contributed by atoms with Gasteiger partial charge in [0.25, 0.3) is 5.56 Å². The van der Waals surface area contributed by atoms with Crippen LogP contribution in [0.15, 0.2) is 35.3 Å². The van der Waals surface area contributed by atoms with Crippen LogP contribution in [0.2, 0.25) is 0 Å². The molecule has 21 heavy (non-hydrogen) atoms. The van der Waals surface area contributed by atoms with Gasteiger partial charge in [-0.05, 0) is 35.4 Å². The fourth-order valence-electron chi connectivity index (χ4n) is 3.38. The Hall–Kier alpha value is -1.68. The summed E-state index contributed by atoms with van der Waals surface area (Å²) >= 11 is 0. The molecule has 112 valence electrons. The first-order chi connectivity index (χ1) is 9.84. The van der Waals surface area contributed by atoms with Crippen molar-refractivity contribution in [1.29, 1.82) is 0 Å². The molecule has 1 aliphatic rings. The van der Waals surface area contributed by atoms with Crippen LogP contribution in [0.1, 0.15) is 33.4 Å². The van der Waals surface area contributed by atoms with E-state index in [1.165, 1.54) is 0 Å². The third-order valence-electron chi connectivity index (χ3n) is 5.60. The van der Waals surface area contributed by atoms with E-state index in [-0.39, 0.29) is 5.56 Å². The summed E-state index contributed by atoms with van der Waals surface area (Å²) in [5, 5.41) is 3.46. The van der Waals surface area contributed by atoms with Gasteiger partial charge in [0, 0.05) is 18.8 Å². The quantitative estimate of drug-likeness (QED) is 0.938. The molecule has 1 N–H and O–H groups in total. The van der Waals surface area contributed by atoms with Gasteiger partial charge in [0.15, 0.2) is 0 Å². The van der Waals surface area contributed by atoms with Crippen LogP contribution in [0.25, 0.3) is 5.65 Å². The molecule has 0 aliphatic heterocycles. The first-order valence-corrected chi connectivity index (χ1v) is 7.52. The molecule has 0 unspecified atom stereocenters. The summed E-state index contributed by atoms with van der Waals surface area (Å²) in [5.74, 6) is 0.673.